The summed E-state index contributed by atoms with van der Waals surface area (Å²) in [6.45, 7) is 2.81. The van der Waals surface area contributed by atoms with Crippen LogP contribution in [-0.2, 0) is 0 Å². The first-order chi connectivity index (χ1) is 10.0. The van der Waals surface area contributed by atoms with Crippen molar-refractivity contribution in [2.24, 2.45) is 5.41 Å². The first-order valence-electron chi connectivity index (χ1n) is 7.36. The second kappa shape index (κ2) is 6.77. The Bertz CT molecular complexity index is 491. The van der Waals surface area contributed by atoms with Gasteiger partial charge in [-0.05, 0) is 37.1 Å². The average Bonchev–Trinajstić information content (AvgIpc) is 2.50. The van der Waals surface area contributed by atoms with Crippen LogP contribution in [0, 0.1) is 5.41 Å². The topological polar surface area (TPSA) is 60.8 Å². The first kappa shape index (κ1) is 16.3. The van der Waals surface area contributed by atoms with Crippen LogP contribution in [-0.4, -0.2) is 46.8 Å². The highest BCUT2D eigenvalue weighted by Crippen LogP contribution is 2.35. The molecule has 0 spiro atoms. The minimum atomic E-state index is -0.602. The maximum Gasteiger partial charge on any atom is 0.253 e. The Kier molecular flexibility index (Phi) is 5.25. The van der Waals surface area contributed by atoms with Crippen LogP contribution >= 0.6 is 11.6 Å². The molecule has 2 atom stereocenters. The van der Waals surface area contributed by atoms with Gasteiger partial charge in [-0.3, -0.25) is 4.79 Å². The van der Waals surface area contributed by atoms with Gasteiger partial charge >= 0.3 is 0 Å². The molecule has 0 radical (unpaired) electrons. The number of aliphatic hydroxyl groups excluding tert-OH is 2. The molecule has 1 aromatic carbocycles. The lowest BCUT2D eigenvalue weighted by molar-refractivity contribution is -0.0720. The van der Waals surface area contributed by atoms with E-state index in [0.29, 0.717) is 36.5 Å². The second-order valence-electron chi connectivity index (χ2n) is 5.81. The van der Waals surface area contributed by atoms with Crippen LogP contribution in [0.5, 0.6) is 0 Å². The molecule has 0 unspecified atom stereocenters. The van der Waals surface area contributed by atoms with Crippen molar-refractivity contribution in [2.75, 3.05) is 19.7 Å². The maximum atomic E-state index is 12.5. The van der Waals surface area contributed by atoms with Crippen LogP contribution in [0.2, 0.25) is 5.02 Å². The number of hydrogen-bond acceptors (Lipinski definition) is 3. The number of aliphatic hydroxyl groups is 2. The first-order valence-corrected chi connectivity index (χ1v) is 7.74. The van der Waals surface area contributed by atoms with Crippen molar-refractivity contribution < 1.29 is 15.0 Å². The molecule has 21 heavy (non-hydrogen) atoms. The number of carbonyl (C=O) groups is 1. The van der Waals surface area contributed by atoms with E-state index in [1.54, 1.807) is 29.2 Å². The number of rotatable bonds is 4. The molecule has 1 saturated heterocycles. The Morgan fingerprint density at radius 2 is 2.10 bits per heavy atom. The molecule has 1 amide bonds. The summed E-state index contributed by atoms with van der Waals surface area (Å²) in [5, 5.41) is 20.6. The van der Waals surface area contributed by atoms with Crippen LogP contribution in [0.15, 0.2) is 24.3 Å². The Labute approximate surface area is 130 Å². The number of carbonyl (C=O) groups excluding carboxylic acids is 1. The third-order valence-corrected chi connectivity index (χ3v) is 4.58. The van der Waals surface area contributed by atoms with Gasteiger partial charge in [-0.2, -0.15) is 0 Å². The molecule has 1 aromatic rings. The Morgan fingerprint density at radius 1 is 1.43 bits per heavy atom. The quantitative estimate of drug-likeness (QED) is 0.897. The van der Waals surface area contributed by atoms with Crippen molar-refractivity contribution in [3.8, 4) is 0 Å². The molecule has 0 aliphatic carbocycles. The van der Waals surface area contributed by atoms with Gasteiger partial charge in [0.05, 0.1) is 12.7 Å². The zero-order valence-corrected chi connectivity index (χ0v) is 13.0. The minimum absolute atomic E-state index is 0.0764. The fraction of sp³-hybridized carbons (Fsp3) is 0.562. The summed E-state index contributed by atoms with van der Waals surface area (Å²) in [7, 11) is 0. The van der Waals surface area contributed by atoms with Gasteiger partial charge in [0.2, 0.25) is 0 Å². The maximum absolute atomic E-state index is 12.5. The summed E-state index contributed by atoms with van der Waals surface area (Å²) in [5.41, 5.74) is -0.0196. The molecule has 2 rings (SSSR count). The average molecular weight is 312 g/mol. The second-order valence-corrected chi connectivity index (χ2v) is 6.24. The highest BCUT2D eigenvalue weighted by molar-refractivity contribution is 6.30. The van der Waals surface area contributed by atoms with E-state index in [0.717, 1.165) is 6.42 Å². The molecule has 1 fully saturated rings. The summed E-state index contributed by atoms with van der Waals surface area (Å²) in [6.07, 6.45) is 1.51. The largest absolute Gasteiger partial charge is 0.396 e. The molecule has 5 heteroatoms. The summed E-state index contributed by atoms with van der Waals surface area (Å²) in [6, 6.07) is 6.80. The smallest absolute Gasteiger partial charge is 0.253 e. The van der Waals surface area contributed by atoms with E-state index >= 15 is 0 Å². The van der Waals surface area contributed by atoms with Crippen LogP contribution in [0.3, 0.4) is 0 Å². The summed E-state index contributed by atoms with van der Waals surface area (Å²) in [4.78, 5) is 14.3. The summed E-state index contributed by atoms with van der Waals surface area (Å²) < 4.78 is 0. The Hall–Kier alpha value is -1.10. The summed E-state index contributed by atoms with van der Waals surface area (Å²) >= 11 is 5.84. The fourth-order valence-corrected chi connectivity index (χ4v) is 3.20. The van der Waals surface area contributed by atoms with Crippen LogP contribution in [0.1, 0.15) is 36.5 Å². The SMILES string of the molecule is CCC[C@@]1(CO)CN(C(=O)c2ccc(Cl)cc2)CC[C@@H]1O. The molecule has 1 heterocycles. The number of nitrogens with zero attached hydrogens (tertiary/aromatic N) is 1. The van der Waals surface area contributed by atoms with Gasteiger partial charge in [0.15, 0.2) is 0 Å². The van der Waals surface area contributed by atoms with E-state index in [2.05, 4.69) is 0 Å². The van der Waals surface area contributed by atoms with E-state index in [-0.39, 0.29) is 12.5 Å². The van der Waals surface area contributed by atoms with Crippen molar-refractivity contribution in [2.45, 2.75) is 32.3 Å². The minimum Gasteiger partial charge on any atom is -0.396 e. The number of hydrogen-bond donors (Lipinski definition) is 2. The fourth-order valence-electron chi connectivity index (χ4n) is 3.08. The standard InChI is InChI=1S/C16H22ClNO3/c1-2-8-16(11-19)10-18(9-7-14(16)20)15(21)12-3-5-13(17)6-4-12/h3-6,14,19-20H,2,7-11H2,1H3/t14-,16-/m0/s1. The molecular weight excluding hydrogens is 290 g/mol. The van der Waals surface area contributed by atoms with Crippen LogP contribution in [0.4, 0.5) is 0 Å². The number of halogens is 1. The number of piperidine rings is 1. The van der Waals surface area contributed by atoms with Crippen molar-refractivity contribution in [3.05, 3.63) is 34.9 Å². The molecule has 1 aliphatic rings. The van der Waals surface area contributed by atoms with Gasteiger partial charge in [-0.25, -0.2) is 0 Å². The highest BCUT2D eigenvalue weighted by Gasteiger charge is 2.43. The predicted octanol–water partition coefficient (Wildman–Crippen LogP) is 2.33. The van der Waals surface area contributed by atoms with Gasteiger partial charge in [0.25, 0.3) is 5.91 Å². The number of likely N-dealkylation sites (tertiary alicyclic amines) is 1. The molecular formula is C16H22ClNO3. The molecule has 116 valence electrons. The Balaban J connectivity index is 2.17. The molecule has 0 aromatic heterocycles. The highest BCUT2D eigenvalue weighted by atomic mass is 35.5. The molecule has 4 nitrogen and oxygen atoms in total. The lowest BCUT2D eigenvalue weighted by atomic mass is 9.74. The van der Waals surface area contributed by atoms with E-state index in [9.17, 15) is 15.0 Å². The van der Waals surface area contributed by atoms with Gasteiger partial charge < -0.3 is 15.1 Å². The van der Waals surface area contributed by atoms with E-state index < -0.39 is 11.5 Å². The number of amides is 1. The van der Waals surface area contributed by atoms with Gasteiger partial charge in [0, 0.05) is 29.1 Å². The van der Waals surface area contributed by atoms with Crippen molar-refractivity contribution >= 4 is 17.5 Å². The zero-order chi connectivity index (χ0) is 15.5. The van der Waals surface area contributed by atoms with Gasteiger partial charge in [-0.1, -0.05) is 24.9 Å². The molecule has 1 aliphatic heterocycles. The third-order valence-electron chi connectivity index (χ3n) is 4.33. The van der Waals surface area contributed by atoms with Gasteiger partial charge in [0.1, 0.15) is 0 Å². The van der Waals surface area contributed by atoms with E-state index in [4.69, 9.17) is 11.6 Å². The molecule has 0 saturated carbocycles. The van der Waals surface area contributed by atoms with Crippen molar-refractivity contribution in [1.82, 2.24) is 4.90 Å². The number of benzene rings is 1. The monoisotopic (exact) mass is 311 g/mol. The van der Waals surface area contributed by atoms with Crippen LogP contribution in [0.25, 0.3) is 0 Å². The predicted molar refractivity (Wildman–Crippen MR) is 82.4 cm³/mol. The normalized spacial score (nSPS) is 25.9. The van der Waals surface area contributed by atoms with E-state index in [1.807, 2.05) is 6.92 Å². The molecule has 2 N–H and O–H groups in total. The van der Waals surface area contributed by atoms with Crippen molar-refractivity contribution in [3.63, 3.8) is 0 Å². The van der Waals surface area contributed by atoms with Crippen molar-refractivity contribution in [1.29, 1.82) is 0 Å². The lowest BCUT2D eigenvalue weighted by Crippen LogP contribution is -2.55. The third kappa shape index (κ3) is 3.39. The lowest BCUT2D eigenvalue weighted by Gasteiger charge is -2.45. The zero-order valence-electron chi connectivity index (χ0n) is 12.3. The van der Waals surface area contributed by atoms with Crippen LogP contribution < -0.4 is 0 Å². The van der Waals surface area contributed by atoms with Gasteiger partial charge in [-0.15, -0.1) is 0 Å². The molecule has 0 bridgehead atoms. The Morgan fingerprint density at radius 3 is 2.67 bits per heavy atom. The van der Waals surface area contributed by atoms with E-state index in [1.165, 1.54) is 0 Å². The summed E-state index contributed by atoms with van der Waals surface area (Å²) in [5.74, 6) is -0.0764.